The summed E-state index contributed by atoms with van der Waals surface area (Å²) in [4.78, 5) is 18.4. The number of morpholine rings is 1. The van der Waals surface area contributed by atoms with Crippen molar-refractivity contribution in [3.63, 3.8) is 0 Å². The summed E-state index contributed by atoms with van der Waals surface area (Å²) in [6.45, 7) is 3.73. The van der Waals surface area contributed by atoms with Gasteiger partial charge in [-0.3, -0.25) is 4.79 Å². The molecule has 3 rings (SSSR count). The molecule has 1 saturated heterocycles. The number of nitrogens with zero attached hydrogens (tertiary/aromatic N) is 4. The Morgan fingerprint density at radius 1 is 1.39 bits per heavy atom. The van der Waals surface area contributed by atoms with Crippen molar-refractivity contribution in [3.8, 4) is 0 Å². The van der Waals surface area contributed by atoms with Crippen molar-refractivity contribution >= 4 is 5.91 Å². The number of amides is 1. The molecule has 2 aromatic rings. The molecule has 0 radical (unpaired) electrons. The lowest BCUT2D eigenvalue weighted by Crippen LogP contribution is -2.47. The van der Waals surface area contributed by atoms with Crippen LogP contribution in [0.5, 0.6) is 0 Å². The minimum atomic E-state index is -0.328. The molecule has 1 fully saturated rings. The first-order valence-electron chi connectivity index (χ1n) is 8.02. The molecule has 1 amide bonds. The Morgan fingerprint density at radius 2 is 2.22 bits per heavy atom. The number of benzene rings is 1. The highest BCUT2D eigenvalue weighted by Crippen LogP contribution is 2.16. The van der Waals surface area contributed by atoms with Gasteiger partial charge in [-0.25, -0.2) is 9.67 Å². The standard InChI is InChI=1S/C17H22N4O2/c1-14(21-13-18-12-19-21)17(22)20-9-10-23-16(11-20)8-7-15-5-3-2-4-6-15/h2-6,12-14,16H,7-11H2,1H3/t14-,16+/m0/s1. The zero-order chi connectivity index (χ0) is 16.1. The lowest BCUT2D eigenvalue weighted by Gasteiger charge is -2.34. The Kier molecular flexibility index (Phi) is 5.02. The summed E-state index contributed by atoms with van der Waals surface area (Å²) in [6.07, 6.45) is 5.01. The largest absolute Gasteiger partial charge is 0.375 e. The summed E-state index contributed by atoms with van der Waals surface area (Å²) >= 11 is 0. The van der Waals surface area contributed by atoms with E-state index in [4.69, 9.17) is 4.74 Å². The number of aromatic nitrogens is 3. The van der Waals surface area contributed by atoms with E-state index in [0.717, 1.165) is 12.8 Å². The molecule has 2 atom stereocenters. The minimum Gasteiger partial charge on any atom is -0.375 e. The second-order valence-corrected chi connectivity index (χ2v) is 5.85. The molecule has 1 aliphatic rings. The predicted molar refractivity (Wildman–Crippen MR) is 85.8 cm³/mol. The molecule has 6 heteroatoms. The highest BCUT2D eigenvalue weighted by molar-refractivity contribution is 5.80. The molecule has 23 heavy (non-hydrogen) atoms. The number of carbonyl (C=O) groups excluding carboxylic acids is 1. The van der Waals surface area contributed by atoms with E-state index in [9.17, 15) is 4.79 Å². The lowest BCUT2D eigenvalue weighted by molar-refractivity contribution is -0.142. The minimum absolute atomic E-state index is 0.0727. The molecule has 122 valence electrons. The Bertz CT molecular complexity index is 615. The van der Waals surface area contributed by atoms with Gasteiger partial charge in [0, 0.05) is 13.1 Å². The Labute approximate surface area is 136 Å². The van der Waals surface area contributed by atoms with Crippen LogP contribution in [0.15, 0.2) is 43.0 Å². The maximum Gasteiger partial charge on any atom is 0.247 e. The van der Waals surface area contributed by atoms with E-state index in [1.807, 2.05) is 30.0 Å². The third kappa shape index (κ3) is 3.96. The molecular weight excluding hydrogens is 292 g/mol. The van der Waals surface area contributed by atoms with Gasteiger partial charge in [-0.1, -0.05) is 30.3 Å². The van der Waals surface area contributed by atoms with Crippen LogP contribution in [-0.4, -0.2) is 51.4 Å². The first-order chi connectivity index (χ1) is 11.2. The number of aryl methyl sites for hydroxylation is 1. The summed E-state index contributed by atoms with van der Waals surface area (Å²) in [5.74, 6) is 0.0727. The number of carbonyl (C=O) groups is 1. The molecule has 0 N–H and O–H groups in total. The van der Waals surface area contributed by atoms with Crippen LogP contribution in [0.1, 0.15) is 24.9 Å². The van der Waals surface area contributed by atoms with Gasteiger partial charge in [0.25, 0.3) is 0 Å². The van der Waals surface area contributed by atoms with E-state index < -0.39 is 0 Å². The quantitative estimate of drug-likeness (QED) is 0.843. The van der Waals surface area contributed by atoms with Gasteiger partial charge < -0.3 is 9.64 Å². The van der Waals surface area contributed by atoms with Crippen LogP contribution >= 0.6 is 0 Å². The van der Waals surface area contributed by atoms with Gasteiger partial charge >= 0.3 is 0 Å². The lowest BCUT2D eigenvalue weighted by atomic mass is 10.1. The topological polar surface area (TPSA) is 60.2 Å². The number of rotatable bonds is 5. The summed E-state index contributed by atoms with van der Waals surface area (Å²) in [6, 6.07) is 10.0. The molecular formula is C17H22N4O2. The van der Waals surface area contributed by atoms with Gasteiger partial charge in [0.1, 0.15) is 18.7 Å². The fourth-order valence-electron chi connectivity index (χ4n) is 2.86. The summed E-state index contributed by atoms with van der Waals surface area (Å²) in [5, 5.41) is 4.05. The average molecular weight is 314 g/mol. The van der Waals surface area contributed by atoms with Crippen molar-refractivity contribution in [1.82, 2.24) is 19.7 Å². The maximum absolute atomic E-state index is 12.6. The van der Waals surface area contributed by atoms with Crippen LogP contribution < -0.4 is 0 Å². The van der Waals surface area contributed by atoms with Gasteiger partial charge in [0.2, 0.25) is 5.91 Å². The van der Waals surface area contributed by atoms with Crippen LogP contribution in [0.3, 0.4) is 0 Å². The average Bonchev–Trinajstić information content (AvgIpc) is 3.14. The highest BCUT2D eigenvalue weighted by atomic mass is 16.5. The normalized spacial score (nSPS) is 19.5. The predicted octanol–water partition coefficient (Wildman–Crippen LogP) is 1.70. The van der Waals surface area contributed by atoms with E-state index in [2.05, 4.69) is 22.2 Å². The smallest absolute Gasteiger partial charge is 0.247 e. The fraction of sp³-hybridized carbons (Fsp3) is 0.471. The van der Waals surface area contributed by atoms with Crippen molar-refractivity contribution in [3.05, 3.63) is 48.5 Å². The summed E-state index contributed by atoms with van der Waals surface area (Å²) in [5.41, 5.74) is 1.30. The van der Waals surface area contributed by atoms with E-state index >= 15 is 0 Å². The van der Waals surface area contributed by atoms with Crippen LogP contribution in [-0.2, 0) is 16.0 Å². The molecule has 1 aromatic carbocycles. The zero-order valence-electron chi connectivity index (χ0n) is 13.3. The van der Waals surface area contributed by atoms with Crippen LogP contribution in [0.4, 0.5) is 0 Å². The van der Waals surface area contributed by atoms with E-state index in [1.54, 1.807) is 11.0 Å². The van der Waals surface area contributed by atoms with Crippen molar-refractivity contribution in [1.29, 1.82) is 0 Å². The molecule has 6 nitrogen and oxygen atoms in total. The molecule has 0 saturated carbocycles. The number of ether oxygens (including phenoxy) is 1. The monoisotopic (exact) mass is 314 g/mol. The molecule has 1 aliphatic heterocycles. The van der Waals surface area contributed by atoms with E-state index in [-0.39, 0.29) is 18.1 Å². The van der Waals surface area contributed by atoms with E-state index in [0.29, 0.717) is 19.7 Å². The molecule has 0 unspecified atom stereocenters. The van der Waals surface area contributed by atoms with Gasteiger partial charge in [0.15, 0.2) is 0 Å². The number of hydrogen-bond acceptors (Lipinski definition) is 4. The van der Waals surface area contributed by atoms with Gasteiger partial charge in [-0.05, 0) is 25.3 Å². The Balaban J connectivity index is 1.54. The second kappa shape index (κ2) is 7.37. The molecule has 1 aromatic heterocycles. The maximum atomic E-state index is 12.6. The SMILES string of the molecule is C[C@@H](C(=O)N1CCO[C@H](CCc2ccccc2)C1)n1cncn1. The molecule has 2 heterocycles. The Morgan fingerprint density at radius 3 is 2.96 bits per heavy atom. The van der Waals surface area contributed by atoms with Gasteiger partial charge in [-0.2, -0.15) is 5.10 Å². The van der Waals surface area contributed by atoms with E-state index in [1.165, 1.54) is 11.9 Å². The third-order valence-electron chi connectivity index (χ3n) is 4.24. The molecule has 0 spiro atoms. The molecule has 0 aliphatic carbocycles. The summed E-state index contributed by atoms with van der Waals surface area (Å²) in [7, 11) is 0. The van der Waals surface area contributed by atoms with Crippen molar-refractivity contribution in [2.75, 3.05) is 19.7 Å². The van der Waals surface area contributed by atoms with Crippen LogP contribution in [0.25, 0.3) is 0 Å². The van der Waals surface area contributed by atoms with Crippen molar-refractivity contribution < 1.29 is 9.53 Å². The summed E-state index contributed by atoms with van der Waals surface area (Å²) < 4.78 is 7.42. The fourth-order valence-corrected chi connectivity index (χ4v) is 2.86. The first-order valence-corrected chi connectivity index (χ1v) is 8.02. The Hall–Kier alpha value is -2.21. The number of hydrogen-bond donors (Lipinski definition) is 0. The van der Waals surface area contributed by atoms with Crippen molar-refractivity contribution in [2.24, 2.45) is 0 Å². The first kappa shape index (κ1) is 15.7. The second-order valence-electron chi connectivity index (χ2n) is 5.85. The van der Waals surface area contributed by atoms with Crippen molar-refractivity contribution in [2.45, 2.75) is 31.9 Å². The highest BCUT2D eigenvalue weighted by Gasteiger charge is 2.28. The van der Waals surface area contributed by atoms with Crippen LogP contribution in [0.2, 0.25) is 0 Å². The van der Waals surface area contributed by atoms with Gasteiger partial charge in [-0.15, -0.1) is 0 Å². The zero-order valence-corrected chi connectivity index (χ0v) is 13.3. The van der Waals surface area contributed by atoms with Crippen LogP contribution in [0, 0.1) is 0 Å². The third-order valence-corrected chi connectivity index (χ3v) is 4.24. The van der Waals surface area contributed by atoms with Gasteiger partial charge in [0.05, 0.1) is 12.7 Å². The molecule has 0 bridgehead atoms.